The van der Waals surface area contributed by atoms with Crippen LogP contribution in [0.5, 0.6) is 11.5 Å². The van der Waals surface area contributed by atoms with Crippen molar-refractivity contribution < 1.29 is 14.3 Å². The largest absolute Gasteiger partial charge is 0.497 e. The van der Waals surface area contributed by atoms with Gasteiger partial charge < -0.3 is 14.4 Å². The van der Waals surface area contributed by atoms with Gasteiger partial charge in [0.1, 0.15) is 11.5 Å². The van der Waals surface area contributed by atoms with Crippen LogP contribution in [0, 0.1) is 0 Å². The minimum Gasteiger partial charge on any atom is -0.497 e. The van der Waals surface area contributed by atoms with E-state index in [-0.39, 0.29) is 12.0 Å². The van der Waals surface area contributed by atoms with E-state index in [2.05, 4.69) is 0 Å². The summed E-state index contributed by atoms with van der Waals surface area (Å²) in [6, 6.07) is 5.73. The van der Waals surface area contributed by atoms with E-state index >= 15 is 0 Å². The molecule has 2 aliphatic heterocycles. The molecular formula is C17H23NO3S. The fourth-order valence-corrected chi connectivity index (χ4v) is 4.39. The fraction of sp³-hybridized carbons (Fsp3) is 0.588. The van der Waals surface area contributed by atoms with Crippen molar-refractivity contribution in [1.29, 1.82) is 0 Å². The van der Waals surface area contributed by atoms with Gasteiger partial charge in [-0.3, -0.25) is 4.79 Å². The zero-order valence-electron chi connectivity index (χ0n) is 13.2. The third-order valence-corrected chi connectivity index (χ3v) is 5.74. The second-order valence-corrected chi connectivity index (χ2v) is 7.20. The molecule has 0 aliphatic carbocycles. The Kier molecular flexibility index (Phi) is 4.81. The van der Waals surface area contributed by atoms with Crippen LogP contribution in [0.2, 0.25) is 0 Å². The molecule has 0 N–H and O–H groups in total. The monoisotopic (exact) mass is 321 g/mol. The molecule has 0 radical (unpaired) electrons. The smallest absolute Gasteiger partial charge is 0.264 e. The van der Waals surface area contributed by atoms with Crippen LogP contribution in [0.25, 0.3) is 0 Å². The first-order chi connectivity index (χ1) is 10.7. The minimum atomic E-state index is -0.381. The Bertz CT molecular complexity index is 543. The molecule has 3 rings (SSSR count). The summed E-state index contributed by atoms with van der Waals surface area (Å²) in [5.41, 5.74) is 1.06. The maximum absolute atomic E-state index is 12.7. The molecule has 1 amide bonds. The number of likely N-dealkylation sites (N-methyl/N-ethyl adjacent to an activating group) is 1. The van der Waals surface area contributed by atoms with E-state index in [4.69, 9.17) is 9.47 Å². The maximum atomic E-state index is 12.7. The molecule has 22 heavy (non-hydrogen) atoms. The van der Waals surface area contributed by atoms with Crippen molar-refractivity contribution in [3.05, 3.63) is 23.8 Å². The van der Waals surface area contributed by atoms with E-state index < -0.39 is 0 Å². The molecular weight excluding hydrogens is 298 g/mol. The van der Waals surface area contributed by atoms with Gasteiger partial charge in [0.2, 0.25) is 0 Å². The highest BCUT2D eigenvalue weighted by atomic mass is 32.2. The molecule has 2 aliphatic rings. The number of hydrogen-bond acceptors (Lipinski definition) is 4. The Morgan fingerprint density at radius 1 is 1.50 bits per heavy atom. The number of amides is 1. The molecule has 2 unspecified atom stereocenters. The van der Waals surface area contributed by atoms with E-state index in [0.717, 1.165) is 30.2 Å². The third kappa shape index (κ3) is 3.19. The quantitative estimate of drug-likeness (QED) is 0.836. The number of thioether (sulfide) groups is 1. The number of ether oxygens (including phenoxy) is 2. The van der Waals surface area contributed by atoms with Crippen molar-refractivity contribution in [2.24, 2.45) is 0 Å². The second kappa shape index (κ2) is 6.82. The summed E-state index contributed by atoms with van der Waals surface area (Å²) >= 11 is 1.99. The van der Waals surface area contributed by atoms with E-state index in [1.807, 2.05) is 41.8 Å². The van der Waals surface area contributed by atoms with Crippen molar-refractivity contribution >= 4 is 17.7 Å². The Hall–Kier alpha value is -1.36. The molecule has 1 fully saturated rings. The van der Waals surface area contributed by atoms with Crippen LogP contribution in [0.15, 0.2) is 18.2 Å². The molecule has 4 nitrogen and oxygen atoms in total. The Balaban J connectivity index is 1.65. The predicted molar refractivity (Wildman–Crippen MR) is 88.8 cm³/mol. The van der Waals surface area contributed by atoms with Crippen molar-refractivity contribution in [3.8, 4) is 11.5 Å². The molecule has 0 saturated carbocycles. The molecule has 2 atom stereocenters. The number of benzene rings is 1. The lowest BCUT2D eigenvalue weighted by molar-refractivity contribution is -0.137. The Morgan fingerprint density at radius 3 is 3.05 bits per heavy atom. The van der Waals surface area contributed by atoms with Crippen LogP contribution in [-0.4, -0.2) is 48.1 Å². The number of hydrogen-bond donors (Lipinski definition) is 0. The van der Waals surface area contributed by atoms with Crippen molar-refractivity contribution in [3.63, 3.8) is 0 Å². The highest BCUT2D eigenvalue weighted by Crippen LogP contribution is 2.33. The maximum Gasteiger partial charge on any atom is 0.264 e. The molecule has 2 heterocycles. The molecule has 1 aromatic carbocycles. The predicted octanol–water partition coefficient (Wildman–Crippen LogP) is 2.74. The lowest BCUT2D eigenvalue weighted by Gasteiger charge is -2.26. The lowest BCUT2D eigenvalue weighted by Crippen LogP contribution is -2.43. The number of methoxy groups -OCH3 is 1. The average molecular weight is 321 g/mol. The standard InChI is InChI=1S/C17H23NO3S/c1-3-18(11-14-5-4-8-22-14)17(19)16-10-12-9-13(20-2)6-7-15(12)21-16/h6-7,9,14,16H,3-5,8,10-11H2,1-2H3. The summed E-state index contributed by atoms with van der Waals surface area (Å²) in [5.74, 6) is 2.96. The summed E-state index contributed by atoms with van der Waals surface area (Å²) in [4.78, 5) is 14.7. The first-order valence-corrected chi connectivity index (χ1v) is 9.00. The number of nitrogens with zero attached hydrogens (tertiary/aromatic N) is 1. The van der Waals surface area contributed by atoms with Gasteiger partial charge >= 0.3 is 0 Å². The Labute approximate surface area is 136 Å². The molecule has 0 aromatic heterocycles. The summed E-state index contributed by atoms with van der Waals surface area (Å²) in [6.45, 7) is 3.64. The molecule has 1 aromatic rings. The lowest BCUT2D eigenvalue weighted by atomic mass is 10.1. The SMILES string of the molecule is CCN(CC1CCCS1)C(=O)C1Cc2cc(OC)ccc2O1. The summed E-state index contributed by atoms with van der Waals surface area (Å²) in [6.07, 6.45) is 2.75. The van der Waals surface area contributed by atoms with Crippen LogP contribution >= 0.6 is 11.8 Å². The number of rotatable bonds is 5. The minimum absolute atomic E-state index is 0.116. The van der Waals surface area contributed by atoms with Gasteiger partial charge in [-0.05, 0) is 43.7 Å². The Morgan fingerprint density at radius 2 is 2.36 bits per heavy atom. The van der Waals surface area contributed by atoms with E-state index in [9.17, 15) is 4.79 Å². The number of fused-ring (bicyclic) bond motifs is 1. The van der Waals surface area contributed by atoms with Crippen molar-refractivity contribution in [2.75, 3.05) is 26.0 Å². The van der Waals surface area contributed by atoms with Crippen LogP contribution in [0.1, 0.15) is 25.3 Å². The topological polar surface area (TPSA) is 38.8 Å². The van der Waals surface area contributed by atoms with Gasteiger partial charge in [0.15, 0.2) is 6.10 Å². The molecule has 0 spiro atoms. The zero-order valence-corrected chi connectivity index (χ0v) is 14.0. The molecule has 1 saturated heterocycles. The molecule has 0 bridgehead atoms. The van der Waals surface area contributed by atoms with Gasteiger partial charge in [-0.2, -0.15) is 11.8 Å². The number of carbonyl (C=O) groups is 1. The first kappa shape index (κ1) is 15.5. The molecule has 120 valence electrons. The van der Waals surface area contributed by atoms with Crippen LogP contribution in [0.4, 0.5) is 0 Å². The van der Waals surface area contributed by atoms with Gasteiger partial charge in [-0.1, -0.05) is 0 Å². The van der Waals surface area contributed by atoms with Gasteiger partial charge in [0.25, 0.3) is 5.91 Å². The third-order valence-electron chi connectivity index (χ3n) is 4.36. The molecule has 5 heteroatoms. The van der Waals surface area contributed by atoms with Gasteiger partial charge in [-0.25, -0.2) is 0 Å². The van der Waals surface area contributed by atoms with E-state index in [0.29, 0.717) is 11.7 Å². The normalized spacial score (nSPS) is 23.0. The summed E-state index contributed by atoms with van der Waals surface area (Å²) in [7, 11) is 1.65. The first-order valence-electron chi connectivity index (χ1n) is 7.95. The van der Waals surface area contributed by atoms with Crippen LogP contribution in [0.3, 0.4) is 0 Å². The highest BCUT2D eigenvalue weighted by Gasteiger charge is 2.33. The van der Waals surface area contributed by atoms with Crippen molar-refractivity contribution in [2.45, 2.75) is 37.5 Å². The highest BCUT2D eigenvalue weighted by molar-refractivity contribution is 8.00. The summed E-state index contributed by atoms with van der Waals surface area (Å²) in [5, 5.41) is 0.591. The fourth-order valence-electron chi connectivity index (χ4n) is 3.10. The van der Waals surface area contributed by atoms with Gasteiger partial charge in [-0.15, -0.1) is 0 Å². The van der Waals surface area contributed by atoms with Gasteiger partial charge in [0, 0.05) is 30.3 Å². The average Bonchev–Trinajstić information content (AvgIpc) is 3.20. The van der Waals surface area contributed by atoms with Gasteiger partial charge in [0.05, 0.1) is 7.11 Å². The zero-order chi connectivity index (χ0) is 15.5. The second-order valence-electron chi connectivity index (χ2n) is 5.80. The van der Waals surface area contributed by atoms with Crippen LogP contribution < -0.4 is 9.47 Å². The van der Waals surface area contributed by atoms with E-state index in [1.165, 1.54) is 18.6 Å². The van der Waals surface area contributed by atoms with Crippen molar-refractivity contribution in [1.82, 2.24) is 4.90 Å². The number of carbonyl (C=O) groups excluding carboxylic acids is 1. The summed E-state index contributed by atoms with van der Waals surface area (Å²) < 4.78 is 11.1. The van der Waals surface area contributed by atoms with Crippen LogP contribution in [-0.2, 0) is 11.2 Å². The van der Waals surface area contributed by atoms with E-state index in [1.54, 1.807) is 7.11 Å².